The van der Waals surface area contributed by atoms with Crippen molar-refractivity contribution in [1.29, 1.82) is 0 Å². The van der Waals surface area contributed by atoms with Crippen LogP contribution in [0.3, 0.4) is 0 Å². The first-order valence-corrected chi connectivity index (χ1v) is 37.6. The van der Waals surface area contributed by atoms with E-state index in [1.807, 2.05) is 72.8 Å². The van der Waals surface area contributed by atoms with Gasteiger partial charge in [-0.1, -0.05) is 267 Å². The molecule has 2 heterocycles. The zero-order valence-corrected chi connectivity index (χ0v) is 60.0. The number of rotatable bonds is 15. The molecule has 0 fully saturated rings. The lowest BCUT2D eigenvalue weighted by atomic mass is 9.89. The van der Waals surface area contributed by atoms with Crippen molar-refractivity contribution in [1.82, 2.24) is 9.13 Å². The molecule has 0 saturated heterocycles. The Kier molecular flexibility index (Phi) is 16.3. The van der Waals surface area contributed by atoms with Crippen molar-refractivity contribution in [3.8, 4) is 44.8 Å². The molecule has 0 aliphatic heterocycles. The molecule has 2 atom stereocenters. The van der Waals surface area contributed by atoms with Crippen LogP contribution in [0.5, 0.6) is 0 Å². The third-order valence-electron chi connectivity index (χ3n) is 22.3. The van der Waals surface area contributed by atoms with Crippen molar-refractivity contribution < 1.29 is 9.59 Å². The van der Waals surface area contributed by atoms with Gasteiger partial charge in [-0.2, -0.15) is 0 Å². The number of fused-ring (bicyclic) bond motifs is 8. The Morgan fingerprint density at radius 3 is 0.864 bits per heavy atom. The maximum absolute atomic E-state index is 14.3. The fraction of sp³-hybridized carbons (Fsp3) is 0.0192. The number of Topliss-reactive ketones (excluding diaryl/α,β-unsaturated/α-hetero) is 2. The maximum Gasteiger partial charge on any atom is 0.190 e. The smallest absolute Gasteiger partial charge is 0.190 e. The number of para-hydroxylation sites is 4. The molecule has 6 heteroatoms. The molecular formula is C104H70N4O2. The molecule has 0 amide bonds. The molecule has 20 rings (SSSR count). The second kappa shape index (κ2) is 27.5. The van der Waals surface area contributed by atoms with Crippen LogP contribution >= 0.6 is 0 Å². The Morgan fingerprint density at radius 1 is 0.236 bits per heavy atom. The van der Waals surface area contributed by atoms with Crippen LogP contribution in [0.4, 0.5) is 34.1 Å². The lowest BCUT2D eigenvalue weighted by Gasteiger charge is -2.27. The lowest BCUT2D eigenvalue weighted by Crippen LogP contribution is -2.10. The van der Waals surface area contributed by atoms with Crippen LogP contribution < -0.4 is 9.80 Å². The minimum atomic E-state index is -0.162. The maximum atomic E-state index is 14.3. The van der Waals surface area contributed by atoms with E-state index >= 15 is 0 Å². The summed E-state index contributed by atoms with van der Waals surface area (Å²) in [5, 5.41) is 4.84. The second-order valence-corrected chi connectivity index (χ2v) is 28.6. The van der Waals surface area contributed by atoms with Gasteiger partial charge >= 0.3 is 0 Å². The summed E-state index contributed by atoms with van der Waals surface area (Å²) in [5.41, 5.74) is 28.8. The summed E-state index contributed by atoms with van der Waals surface area (Å²) in [6.07, 6.45) is 4.16. The molecule has 6 nitrogen and oxygen atoms in total. The van der Waals surface area contributed by atoms with Crippen LogP contribution in [0.25, 0.3) is 101 Å². The largest absolute Gasteiger partial charge is 0.311 e. The number of benzene rings is 16. The molecule has 0 saturated carbocycles. The molecule has 2 aliphatic rings. The molecule has 16 aromatic carbocycles. The van der Waals surface area contributed by atoms with Gasteiger partial charge in [0.1, 0.15) is 0 Å². The van der Waals surface area contributed by atoms with E-state index in [1.165, 1.54) is 43.6 Å². The molecular weight excluding hydrogens is 1340 g/mol. The van der Waals surface area contributed by atoms with Crippen LogP contribution in [0, 0.1) is 0 Å². The predicted molar refractivity (Wildman–Crippen MR) is 455 cm³/mol. The van der Waals surface area contributed by atoms with Gasteiger partial charge in [0.05, 0.1) is 22.1 Å². The highest BCUT2D eigenvalue weighted by Crippen LogP contribution is 2.47. The van der Waals surface area contributed by atoms with Crippen LogP contribution in [-0.2, 0) is 0 Å². The monoisotopic (exact) mass is 1410 g/mol. The zero-order chi connectivity index (χ0) is 73.2. The van der Waals surface area contributed by atoms with Gasteiger partial charge in [-0.25, -0.2) is 0 Å². The molecule has 110 heavy (non-hydrogen) atoms. The topological polar surface area (TPSA) is 50.5 Å². The SMILES string of the molecule is O=C1C(=Cc2ccc(N(c3ccc(-c4ccc(N(c5ccc(C=C6C(=O)c7ccccc7C6c6ccccc6)cc5)c5ccc(-c6ccc7c(c6)c6ccccc6n7-c6ccccc6)cc5)cc4)cc3)c3ccc(-c4ccc5c(c4)c4ccccc4n5-c4ccccc4)cc3)cc2)C(c2ccccc2)c2ccccc21. The summed E-state index contributed by atoms with van der Waals surface area (Å²) in [4.78, 5) is 33.2. The summed E-state index contributed by atoms with van der Waals surface area (Å²) in [6.45, 7) is 0. The highest BCUT2D eigenvalue weighted by atomic mass is 16.1. The summed E-state index contributed by atoms with van der Waals surface area (Å²) >= 11 is 0. The highest BCUT2D eigenvalue weighted by Gasteiger charge is 2.37. The van der Waals surface area contributed by atoms with Gasteiger partial charge in [-0.05, 0) is 212 Å². The summed E-state index contributed by atoms with van der Waals surface area (Å²) in [7, 11) is 0. The van der Waals surface area contributed by atoms with Crippen molar-refractivity contribution in [3.05, 3.63) is 456 Å². The average molecular weight is 1410 g/mol. The number of ketones is 2. The van der Waals surface area contributed by atoms with E-state index in [-0.39, 0.29) is 23.4 Å². The number of nitrogens with zero attached hydrogens (tertiary/aromatic N) is 4. The lowest BCUT2D eigenvalue weighted by molar-refractivity contribution is 0.103. The summed E-state index contributed by atoms with van der Waals surface area (Å²) in [5.74, 6) is -0.190. The van der Waals surface area contributed by atoms with Gasteiger partial charge in [0.25, 0.3) is 0 Å². The molecule has 2 aromatic heterocycles. The number of anilines is 6. The fourth-order valence-corrected chi connectivity index (χ4v) is 17.0. The Morgan fingerprint density at radius 2 is 0.509 bits per heavy atom. The molecule has 518 valence electrons. The van der Waals surface area contributed by atoms with E-state index in [0.717, 1.165) is 135 Å². The van der Waals surface area contributed by atoms with E-state index in [9.17, 15) is 9.59 Å². The van der Waals surface area contributed by atoms with Crippen molar-refractivity contribution in [2.45, 2.75) is 11.8 Å². The molecule has 0 bridgehead atoms. The number of hydrogen-bond acceptors (Lipinski definition) is 4. The van der Waals surface area contributed by atoms with Crippen LogP contribution in [0.15, 0.2) is 412 Å². The van der Waals surface area contributed by atoms with Gasteiger partial charge in [0.15, 0.2) is 11.6 Å². The normalized spacial score (nSPS) is 14.6. The van der Waals surface area contributed by atoms with Gasteiger partial charge in [-0.15, -0.1) is 0 Å². The number of carbonyl (C=O) groups excluding carboxylic acids is 2. The Balaban J connectivity index is 0.643. The minimum Gasteiger partial charge on any atom is -0.311 e. The van der Waals surface area contributed by atoms with Gasteiger partial charge < -0.3 is 18.9 Å². The van der Waals surface area contributed by atoms with E-state index in [2.05, 4.69) is 359 Å². The zero-order valence-electron chi connectivity index (χ0n) is 60.0. The van der Waals surface area contributed by atoms with Crippen LogP contribution in [0.2, 0.25) is 0 Å². The average Bonchev–Trinajstić information content (AvgIpc) is 1.61. The Labute approximate surface area is 638 Å². The van der Waals surface area contributed by atoms with Crippen LogP contribution in [-0.4, -0.2) is 20.7 Å². The third-order valence-corrected chi connectivity index (χ3v) is 22.3. The predicted octanol–water partition coefficient (Wildman–Crippen LogP) is 26.6. The molecule has 0 N–H and O–H groups in total. The third kappa shape index (κ3) is 11.5. The minimum absolute atomic E-state index is 0.0665. The Hall–Kier alpha value is -14.5. The number of allylic oxidation sites excluding steroid dienone is 2. The first kappa shape index (κ1) is 65.1. The van der Waals surface area contributed by atoms with Crippen molar-refractivity contribution in [2.24, 2.45) is 0 Å². The van der Waals surface area contributed by atoms with E-state index in [0.29, 0.717) is 0 Å². The first-order valence-electron chi connectivity index (χ1n) is 37.6. The quantitative estimate of drug-likeness (QED) is 0.0960. The van der Waals surface area contributed by atoms with Crippen molar-refractivity contribution >= 4 is 101 Å². The van der Waals surface area contributed by atoms with Gasteiger partial charge in [-0.3, -0.25) is 9.59 Å². The van der Waals surface area contributed by atoms with Crippen molar-refractivity contribution in [2.75, 3.05) is 9.80 Å². The van der Waals surface area contributed by atoms with E-state index in [1.54, 1.807) is 0 Å². The molecule has 18 aromatic rings. The van der Waals surface area contributed by atoms with Crippen molar-refractivity contribution in [3.63, 3.8) is 0 Å². The summed E-state index contributed by atoms with van der Waals surface area (Å²) in [6, 6.07) is 142. The standard InChI is InChI=1S/C104H70N4O2/c109-103-91-33-15-13-31-89(91)101(75-21-5-1-6-22-75)95(103)65-69-37-51-81(52-38-69)105(85-59-45-73(46-60-85)77-49-63-99-93(67-77)87-29-17-19-35-97(87)107(99)79-25-9-3-10-26-79)83-55-41-71(42-56-83)72-43-57-84(58-44-72)106(82-53-39-70(40-54-82)66-96-102(76-23-7-2-8-24-76)90-32-14-16-34-92(90)104(96)110)86-61-47-74(48-62-86)78-50-64-100-94(68-78)88-30-18-20-36-98(88)108(100)80-27-11-4-12-28-80/h1-68,101-102H. The highest BCUT2D eigenvalue weighted by molar-refractivity contribution is 6.19. The molecule has 2 aliphatic carbocycles. The van der Waals surface area contributed by atoms with Gasteiger partial charge in [0, 0.05) is 101 Å². The number of aromatic nitrogens is 2. The van der Waals surface area contributed by atoms with Crippen LogP contribution in [0.1, 0.15) is 65.9 Å². The number of hydrogen-bond donors (Lipinski definition) is 0. The molecule has 0 radical (unpaired) electrons. The van der Waals surface area contributed by atoms with E-state index in [4.69, 9.17) is 0 Å². The first-order chi connectivity index (χ1) is 54.4. The Bertz CT molecular complexity index is 6220. The van der Waals surface area contributed by atoms with E-state index < -0.39 is 0 Å². The second-order valence-electron chi connectivity index (χ2n) is 28.6. The summed E-state index contributed by atoms with van der Waals surface area (Å²) < 4.78 is 4.71. The molecule has 2 unspecified atom stereocenters. The fourth-order valence-electron chi connectivity index (χ4n) is 17.0. The number of carbonyl (C=O) groups is 2. The molecule has 0 spiro atoms. The van der Waals surface area contributed by atoms with Gasteiger partial charge in [0.2, 0.25) is 0 Å².